The van der Waals surface area contributed by atoms with Crippen molar-refractivity contribution in [3.63, 3.8) is 0 Å². The van der Waals surface area contributed by atoms with Gasteiger partial charge in [0.1, 0.15) is 5.82 Å². The van der Waals surface area contributed by atoms with Crippen molar-refractivity contribution in [2.75, 3.05) is 6.61 Å². The third kappa shape index (κ3) is 3.43. The maximum atomic E-state index is 13.4. The predicted molar refractivity (Wildman–Crippen MR) is 65.2 cm³/mol. The molecule has 0 aliphatic rings. The number of esters is 1. The first kappa shape index (κ1) is 15.3. The molecular weight excluding hydrogens is 300 g/mol. The first-order valence-electron chi connectivity index (χ1n) is 4.45. The van der Waals surface area contributed by atoms with E-state index < -0.39 is 11.8 Å². The van der Waals surface area contributed by atoms with E-state index >= 15 is 0 Å². The molecule has 0 saturated carbocycles. The monoisotopic (exact) mass is 311 g/mol. The zero-order valence-corrected chi connectivity index (χ0v) is 11.0. The largest absolute Gasteiger partial charge is 0.462 e. The minimum absolute atomic E-state index is 0. The van der Waals surface area contributed by atoms with E-state index in [4.69, 9.17) is 10.5 Å². The van der Waals surface area contributed by atoms with Crippen molar-refractivity contribution in [2.24, 2.45) is 5.73 Å². The Morgan fingerprint density at radius 1 is 1.56 bits per heavy atom. The predicted octanol–water partition coefficient (Wildman–Crippen LogP) is 2.65. The van der Waals surface area contributed by atoms with Gasteiger partial charge in [0.05, 0.1) is 12.2 Å². The molecule has 0 bridgehead atoms. The molecule has 1 aromatic rings. The van der Waals surface area contributed by atoms with Gasteiger partial charge in [-0.1, -0.05) is 15.9 Å². The molecule has 2 N–H and O–H groups in total. The Labute approximate surface area is 108 Å². The second-order valence-corrected chi connectivity index (χ2v) is 3.70. The Bertz CT molecular complexity index is 387. The maximum absolute atomic E-state index is 13.4. The highest BCUT2D eigenvalue weighted by Crippen LogP contribution is 2.21. The average molecular weight is 313 g/mol. The van der Waals surface area contributed by atoms with Crippen LogP contribution in [0.2, 0.25) is 0 Å². The minimum Gasteiger partial charge on any atom is -0.462 e. The molecular formula is C10H12BrClFNO2. The van der Waals surface area contributed by atoms with E-state index in [-0.39, 0.29) is 31.1 Å². The topological polar surface area (TPSA) is 52.3 Å². The highest BCUT2D eigenvalue weighted by molar-refractivity contribution is 9.10. The van der Waals surface area contributed by atoms with Gasteiger partial charge < -0.3 is 10.5 Å². The smallest absolute Gasteiger partial charge is 0.341 e. The Morgan fingerprint density at radius 3 is 2.69 bits per heavy atom. The molecule has 0 heterocycles. The maximum Gasteiger partial charge on any atom is 0.341 e. The highest BCUT2D eigenvalue weighted by Gasteiger charge is 2.15. The van der Waals surface area contributed by atoms with Crippen molar-refractivity contribution in [3.05, 3.63) is 33.5 Å². The van der Waals surface area contributed by atoms with Crippen LogP contribution in [-0.4, -0.2) is 12.6 Å². The molecule has 1 aromatic carbocycles. The van der Waals surface area contributed by atoms with Crippen LogP contribution in [0.4, 0.5) is 4.39 Å². The zero-order chi connectivity index (χ0) is 11.4. The summed E-state index contributed by atoms with van der Waals surface area (Å²) in [6, 6.07) is 2.62. The number of benzene rings is 1. The molecule has 6 heteroatoms. The van der Waals surface area contributed by atoms with Crippen LogP contribution in [-0.2, 0) is 11.3 Å². The molecule has 0 spiro atoms. The Kier molecular flexibility index (Phi) is 6.55. The van der Waals surface area contributed by atoms with Crippen LogP contribution >= 0.6 is 28.3 Å². The van der Waals surface area contributed by atoms with Gasteiger partial charge in [-0.15, -0.1) is 12.4 Å². The van der Waals surface area contributed by atoms with Gasteiger partial charge in [0.2, 0.25) is 0 Å². The Morgan fingerprint density at radius 2 is 2.19 bits per heavy atom. The fraction of sp³-hybridized carbons (Fsp3) is 0.300. The summed E-state index contributed by atoms with van der Waals surface area (Å²) in [4.78, 5) is 11.3. The number of rotatable bonds is 3. The second kappa shape index (κ2) is 6.83. The molecule has 0 fully saturated rings. The van der Waals surface area contributed by atoms with Crippen LogP contribution in [0.25, 0.3) is 0 Å². The van der Waals surface area contributed by atoms with E-state index in [1.165, 1.54) is 12.1 Å². The minimum atomic E-state index is -0.669. The van der Waals surface area contributed by atoms with Crippen LogP contribution in [0.15, 0.2) is 16.6 Å². The number of carbonyl (C=O) groups is 1. The number of halogens is 3. The Balaban J connectivity index is 0.00000225. The fourth-order valence-electron chi connectivity index (χ4n) is 1.12. The van der Waals surface area contributed by atoms with Crippen molar-refractivity contribution in [1.29, 1.82) is 0 Å². The van der Waals surface area contributed by atoms with Gasteiger partial charge in [-0.3, -0.25) is 0 Å². The number of nitrogens with two attached hydrogens (primary N) is 1. The number of ether oxygens (including phenoxy) is 1. The van der Waals surface area contributed by atoms with Crippen molar-refractivity contribution in [1.82, 2.24) is 0 Å². The summed E-state index contributed by atoms with van der Waals surface area (Å²) in [7, 11) is 0. The van der Waals surface area contributed by atoms with Gasteiger partial charge in [-0.05, 0) is 24.6 Å². The molecule has 0 unspecified atom stereocenters. The van der Waals surface area contributed by atoms with Crippen molar-refractivity contribution < 1.29 is 13.9 Å². The molecule has 0 atom stereocenters. The highest BCUT2D eigenvalue weighted by atomic mass is 79.9. The van der Waals surface area contributed by atoms with Gasteiger partial charge in [-0.2, -0.15) is 0 Å². The average Bonchev–Trinajstić information content (AvgIpc) is 2.18. The van der Waals surface area contributed by atoms with E-state index in [0.717, 1.165) is 0 Å². The normalized spacial score (nSPS) is 9.50. The SMILES string of the molecule is CCOC(=O)c1cc(CN)c(Br)cc1F.Cl. The number of hydrogen-bond donors (Lipinski definition) is 1. The summed E-state index contributed by atoms with van der Waals surface area (Å²) in [6.07, 6.45) is 0. The molecule has 1 rings (SSSR count). The van der Waals surface area contributed by atoms with Gasteiger partial charge in [-0.25, -0.2) is 9.18 Å². The molecule has 0 radical (unpaired) electrons. The lowest BCUT2D eigenvalue weighted by Gasteiger charge is -2.07. The van der Waals surface area contributed by atoms with E-state index in [1.54, 1.807) is 6.92 Å². The summed E-state index contributed by atoms with van der Waals surface area (Å²) in [6.45, 7) is 2.11. The molecule has 0 aliphatic carbocycles. The van der Waals surface area contributed by atoms with E-state index in [2.05, 4.69) is 15.9 Å². The van der Waals surface area contributed by atoms with Crippen LogP contribution in [0.1, 0.15) is 22.8 Å². The number of hydrogen-bond acceptors (Lipinski definition) is 3. The summed E-state index contributed by atoms with van der Waals surface area (Å²) >= 11 is 3.16. The molecule has 0 aromatic heterocycles. The van der Waals surface area contributed by atoms with E-state index in [9.17, 15) is 9.18 Å². The molecule has 90 valence electrons. The molecule has 16 heavy (non-hydrogen) atoms. The number of carbonyl (C=O) groups excluding carboxylic acids is 1. The third-order valence-corrected chi connectivity index (χ3v) is 2.59. The van der Waals surface area contributed by atoms with Gasteiger partial charge in [0.25, 0.3) is 0 Å². The lowest BCUT2D eigenvalue weighted by Crippen LogP contribution is -2.09. The first-order valence-corrected chi connectivity index (χ1v) is 5.24. The lowest BCUT2D eigenvalue weighted by molar-refractivity contribution is 0.0521. The second-order valence-electron chi connectivity index (χ2n) is 2.85. The van der Waals surface area contributed by atoms with E-state index in [0.29, 0.717) is 10.0 Å². The summed E-state index contributed by atoms with van der Waals surface area (Å²) < 4.78 is 18.6. The van der Waals surface area contributed by atoms with Gasteiger partial charge in [0, 0.05) is 11.0 Å². The van der Waals surface area contributed by atoms with Gasteiger partial charge in [0.15, 0.2) is 0 Å². The zero-order valence-electron chi connectivity index (χ0n) is 8.63. The van der Waals surface area contributed by atoms with Gasteiger partial charge >= 0.3 is 5.97 Å². The third-order valence-electron chi connectivity index (χ3n) is 1.85. The standard InChI is InChI=1S/C10H11BrFNO2.ClH/c1-2-15-10(14)7-3-6(5-13)8(11)4-9(7)12;/h3-4H,2,5,13H2,1H3;1H. The Hall–Kier alpha value is -0.650. The molecule has 3 nitrogen and oxygen atoms in total. The fourth-order valence-corrected chi connectivity index (χ4v) is 1.59. The van der Waals surface area contributed by atoms with Crippen molar-refractivity contribution in [2.45, 2.75) is 13.5 Å². The van der Waals surface area contributed by atoms with Crippen molar-refractivity contribution in [3.8, 4) is 0 Å². The lowest BCUT2D eigenvalue weighted by atomic mass is 10.1. The molecule has 0 aliphatic heterocycles. The van der Waals surface area contributed by atoms with Crippen molar-refractivity contribution >= 4 is 34.3 Å². The van der Waals surface area contributed by atoms with Crippen LogP contribution in [0, 0.1) is 5.82 Å². The van der Waals surface area contributed by atoms with Crippen LogP contribution in [0.5, 0.6) is 0 Å². The molecule has 0 amide bonds. The molecule has 0 saturated heterocycles. The van der Waals surface area contributed by atoms with Crippen LogP contribution < -0.4 is 5.73 Å². The first-order chi connectivity index (χ1) is 7.10. The summed E-state index contributed by atoms with van der Waals surface area (Å²) in [5, 5.41) is 0. The summed E-state index contributed by atoms with van der Waals surface area (Å²) in [5.41, 5.74) is 6.02. The summed E-state index contributed by atoms with van der Waals surface area (Å²) in [5.74, 6) is -1.28. The quantitative estimate of drug-likeness (QED) is 0.873. The van der Waals surface area contributed by atoms with E-state index in [1.807, 2.05) is 0 Å². The van der Waals surface area contributed by atoms with Crippen LogP contribution in [0.3, 0.4) is 0 Å².